The number of aliphatic hydroxyl groups is 1. The van der Waals surface area contributed by atoms with Gasteiger partial charge in [-0.2, -0.15) is 0 Å². The van der Waals surface area contributed by atoms with Crippen molar-refractivity contribution in [3.8, 4) is 0 Å². The van der Waals surface area contributed by atoms with Crippen LogP contribution in [0.3, 0.4) is 0 Å². The van der Waals surface area contributed by atoms with Crippen LogP contribution in [0.25, 0.3) is 0 Å². The average Bonchev–Trinajstić information content (AvgIpc) is 2.67. The summed E-state index contributed by atoms with van der Waals surface area (Å²) in [5.41, 5.74) is 1.20. The van der Waals surface area contributed by atoms with Gasteiger partial charge < -0.3 is 5.11 Å². The van der Waals surface area contributed by atoms with Crippen LogP contribution in [0.4, 0.5) is 0 Å². The molecule has 0 saturated heterocycles. The number of thiazole rings is 1. The molecule has 1 rings (SSSR count). The van der Waals surface area contributed by atoms with Crippen LogP contribution in [0.5, 0.6) is 0 Å². The van der Waals surface area contributed by atoms with Crippen molar-refractivity contribution in [1.82, 2.24) is 4.98 Å². The molecule has 0 amide bonds. The van der Waals surface area contributed by atoms with E-state index in [9.17, 15) is 0 Å². The van der Waals surface area contributed by atoms with Crippen molar-refractivity contribution in [2.45, 2.75) is 52.4 Å². The molecule has 1 atom stereocenters. The van der Waals surface area contributed by atoms with E-state index < -0.39 is 0 Å². The second-order valence-electron chi connectivity index (χ2n) is 4.98. The third kappa shape index (κ3) is 3.56. The first-order valence-electron chi connectivity index (χ1n) is 6.12. The smallest absolute Gasteiger partial charge is 0.0961 e. The Morgan fingerprint density at radius 3 is 2.44 bits per heavy atom. The third-order valence-corrected chi connectivity index (χ3v) is 3.92. The summed E-state index contributed by atoms with van der Waals surface area (Å²) in [6.07, 6.45) is 1.92. The SMILES string of the molecule is CC(C)c1csc(C(CCCO)C(C)C)n1. The van der Waals surface area contributed by atoms with Crippen LogP contribution in [-0.4, -0.2) is 16.7 Å². The summed E-state index contributed by atoms with van der Waals surface area (Å²) in [6.45, 7) is 9.11. The first-order chi connectivity index (χ1) is 7.56. The summed E-state index contributed by atoms with van der Waals surface area (Å²) >= 11 is 1.77. The van der Waals surface area contributed by atoms with Crippen LogP contribution >= 0.6 is 11.3 Å². The molecular formula is C13H23NOS. The van der Waals surface area contributed by atoms with Crippen molar-refractivity contribution in [2.24, 2.45) is 5.92 Å². The quantitative estimate of drug-likeness (QED) is 0.822. The largest absolute Gasteiger partial charge is 0.396 e. The summed E-state index contributed by atoms with van der Waals surface area (Å²) in [6, 6.07) is 0. The molecule has 0 spiro atoms. The number of rotatable bonds is 6. The molecule has 0 fully saturated rings. The van der Waals surface area contributed by atoms with Crippen LogP contribution in [0.15, 0.2) is 5.38 Å². The lowest BCUT2D eigenvalue weighted by Gasteiger charge is -2.17. The third-order valence-electron chi connectivity index (χ3n) is 2.93. The normalized spacial score (nSPS) is 13.7. The second-order valence-corrected chi connectivity index (χ2v) is 5.87. The van der Waals surface area contributed by atoms with Crippen molar-refractivity contribution < 1.29 is 5.11 Å². The Morgan fingerprint density at radius 2 is 2.00 bits per heavy atom. The number of aromatic nitrogens is 1. The van der Waals surface area contributed by atoms with E-state index in [1.54, 1.807) is 11.3 Å². The summed E-state index contributed by atoms with van der Waals surface area (Å²) in [5, 5.41) is 12.3. The van der Waals surface area contributed by atoms with E-state index in [1.165, 1.54) is 10.7 Å². The van der Waals surface area contributed by atoms with Crippen molar-refractivity contribution >= 4 is 11.3 Å². The molecular weight excluding hydrogens is 218 g/mol. The fourth-order valence-electron chi connectivity index (χ4n) is 1.79. The van der Waals surface area contributed by atoms with Crippen LogP contribution in [0.1, 0.15) is 63.1 Å². The molecule has 16 heavy (non-hydrogen) atoms. The predicted molar refractivity (Wildman–Crippen MR) is 70.1 cm³/mol. The maximum Gasteiger partial charge on any atom is 0.0961 e. The Morgan fingerprint density at radius 1 is 1.31 bits per heavy atom. The fraction of sp³-hybridized carbons (Fsp3) is 0.769. The van der Waals surface area contributed by atoms with Crippen molar-refractivity contribution in [3.05, 3.63) is 16.1 Å². The second kappa shape index (κ2) is 6.36. The first kappa shape index (κ1) is 13.7. The zero-order valence-corrected chi connectivity index (χ0v) is 11.5. The average molecular weight is 241 g/mol. The number of hydrogen-bond donors (Lipinski definition) is 1. The van der Waals surface area contributed by atoms with Gasteiger partial charge in [0.25, 0.3) is 0 Å². The highest BCUT2D eigenvalue weighted by molar-refractivity contribution is 7.09. The van der Waals surface area contributed by atoms with Gasteiger partial charge in [-0.1, -0.05) is 27.7 Å². The van der Waals surface area contributed by atoms with E-state index in [0.717, 1.165) is 12.8 Å². The van der Waals surface area contributed by atoms with Gasteiger partial charge >= 0.3 is 0 Å². The molecule has 92 valence electrons. The Balaban J connectivity index is 2.76. The number of nitrogens with zero attached hydrogens (tertiary/aromatic N) is 1. The minimum absolute atomic E-state index is 0.283. The van der Waals surface area contributed by atoms with Crippen LogP contribution in [0, 0.1) is 5.92 Å². The predicted octanol–water partition coefficient (Wildman–Crippen LogP) is 3.78. The monoisotopic (exact) mass is 241 g/mol. The molecule has 0 saturated carbocycles. The highest BCUT2D eigenvalue weighted by Gasteiger charge is 2.19. The van der Waals surface area contributed by atoms with Crippen molar-refractivity contribution in [2.75, 3.05) is 6.61 Å². The Bertz CT molecular complexity index is 307. The lowest BCUT2D eigenvalue weighted by molar-refractivity contribution is 0.273. The number of hydrogen-bond acceptors (Lipinski definition) is 3. The maximum absolute atomic E-state index is 8.92. The number of aliphatic hydroxyl groups excluding tert-OH is 1. The summed E-state index contributed by atoms with van der Waals surface area (Å²) in [5.74, 6) is 1.61. The zero-order valence-electron chi connectivity index (χ0n) is 10.7. The molecule has 0 aromatic carbocycles. The van der Waals surface area contributed by atoms with Gasteiger partial charge in [-0.05, 0) is 24.7 Å². The zero-order chi connectivity index (χ0) is 12.1. The van der Waals surface area contributed by atoms with Crippen LogP contribution in [0.2, 0.25) is 0 Å². The molecule has 1 N–H and O–H groups in total. The first-order valence-corrected chi connectivity index (χ1v) is 7.00. The van der Waals surface area contributed by atoms with Crippen LogP contribution < -0.4 is 0 Å². The van der Waals surface area contributed by atoms with E-state index in [0.29, 0.717) is 17.8 Å². The summed E-state index contributed by atoms with van der Waals surface area (Å²) in [7, 11) is 0. The fourth-order valence-corrected chi connectivity index (χ4v) is 3.08. The molecule has 3 heteroatoms. The van der Waals surface area contributed by atoms with Crippen molar-refractivity contribution in [3.63, 3.8) is 0 Å². The van der Waals surface area contributed by atoms with Gasteiger partial charge in [0.15, 0.2) is 0 Å². The molecule has 0 bridgehead atoms. The van der Waals surface area contributed by atoms with Gasteiger partial charge in [-0.25, -0.2) is 4.98 Å². The van der Waals surface area contributed by atoms with Crippen molar-refractivity contribution in [1.29, 1.82) is 0 Å². The highest BCUT2D eigenvalue weighted by Crippen LogP contribution is 2.32. The molecule has 2 nitrogen and oxygen atoms in total. The summed E-state index contributed by atoms with van der Waals surface area (Å²) in [4.78, 5) is 4.72. The molecule has 1 aromatic heterocycles. The molecule has 0 aliphatic heterocycles. The topological polar surface area (TPSA) is 33.1 Å². The molecule has 1 aromatic rings. The Labute approximate surface area is 103 Å². The molecule has 0 radical (unpaired) electrons. The van der Waals surface area contributed by atoms with Gasteiger partial charge in [-0.15, -0.1) is 11.3 Å². The van der Waals surface area contributed by atoms with E-state index in [1.807, 2.05) is 0 Å². The van der Waals surface area contributed by atoms with E-state index in [-0.39, 0.29) is 6.61 Å². The Kier molecular flexibility index (Phi) is 5.42. The van der Waals surface area contributed by atoms with E-state index in [4.69, 9.17) is 10.1 Å². The maximum atomic E-state index is 8.92. The van der Waals surface area contributed by atoms with Gasteiger partial charge in [0, 0.05) is 17.9 Å². The standard InChI is InChI=1S/C13H23NOS/c1-9(2)11(6-5-7-15)13-14-12(8-16-13)10(3)4/h8-11,15H,5-7H2,1-4H3. The minimum Gasteiger partial charge on any atom is -0.396 e. The van der Waals surface area contributed by atoms with E-state index in [2.05, 4.69) is 33.1 Å². The molecule has 0 aliphatic rings. The molecule has 1 heterocycles. The van der Waals surface area contributed by atoms with Gasteiger partial charge in [0.05, 0.1) is 10.7 Å². The Hall–Kier alpha value is -0.410. The highest BCUT2D eigenvalue weighted by atomic mass is 32.1. The summed E-state index contributed by atoms with van der Waals surface area (Å²) < 4.78 is 0. The van der Waals surface area contributed by atoms with Crippen LogP contribution in [-0.2, 0) is 0 Å². The lowest BCUT2D eigenvalue weighted by atomic mass is 9.92. The van der Waals surface area contributed by atoms with Gasteiger partial charge in [0.1, 0.15) is 0 Å². The minimum atomic E-state index is 0.283. The molecule has 1 unspecified atom stereocenters. The lowest BCUT2D eigenvalue weighted by Crippen LogP contribution is -2.07. The molecule has 0 aliphatic carbocycles. The van der Waals surface area contributed by atoms with E-state index >= 15 is 0 Å². The van der Waals surface area contributed by atoms with Gasteiger partial charge in [-0.3, -0.25) is 0 Å². The van der Waals surface area contributed by atoms with Gasteiger partial charge in [0.2, 0.25) is 0 Å².